The molecule has 0 aromatic heterocycles. The average Bonchev–Trinajstić information content (AvgIpc) is 2.09. The van der Waals surface area contributed by atoms with E-state index in [-0.39, 0.29) is 0 Å². The molecule has 2 N–H and O–H groups in total. The van der Waals surface area contributed by atoms with Crippen LogP contribution in [0.3, 0.4) is 0 Å². The fourth-order valence-electron chi connectivity index (χ4n) is 0.385. The van der Waals surface area contributed by atoms with Crippen molar-refractivity contribution in [3.63, 3.8) is 0 Å². The van der Waals surface area contributed by atoms with Gasteiger partial charge in [0.1, 0.15) is 0 Å². The van der Waals surface area contributed by atoms with Gasteiger partial charge in [-0.3, -0.25) is 0 Å². The van der Waals surface area contributed by atoms with Crippen molar-refractivity contribution >= 4 is 7.32 Å². The van der Waals surface area contributed by atoms with E-state index < -0.39 is 7.32 Å². The van der Waals surface area contributed by atoms with Crippen LogP contribution in [-0.2, 0) is 4.65 Å². The van der Waals surface area contributed by atoms with Crippen molar-refractivity contribution in [1.82, 2.24) is 0 Å². The van der Waals surface area contributed by atoms with Gasteiger partial charge >= 0.3 is 7.32 Å². The lowest BCUT2D eigenvalue weighted by Crippen LogP contribution is -2.12. The molecule has 0 fully saturated rings. The van der Waals surface area contributed by atoms with E-state index in [0.29, 0.717) is 0 Å². The van der Waals surface area contributed by atoms with Gasteiger partial charge in [0, 0.05) is 7.11 Å². The van der Waals surface area contributed by atoms with E-state index in [4.69, 9.17) is 10.0 Å². The van der Waals surface area contributed by atoms with Gasteiger partial charge in [0.25, 0.3) is 0 Å². The first-order valence-corrected chi connectivity index (χ1v) is 3.16. The Morgan fingerprint density at radius 2 is 1.09 bits per heavy atom. The monoisotopic (exact) mass is 154 g/mol. The second-order valence-electron chi connectivity index (χ2n) is 1.72. The van der Waals surface area contributed by atoms with Gasteiger partial charge in [-0.2, -0.15) is 0 Å². The maximum atomic E-state index is 7.69. The van der Waals surface area contributed by atoms with Crippen molar-refractivity contribution in [2.24, 2.45) is 0 Å². The average molecular weight is 154 g/mol. The highest BCUT2D eigenvalue weighted by Gasteiger charge is 2.00. The van der Waals surface area contributed by atoms with Gasteiger partial charge in [-0.05, 0) is 0 Å². The van der Waals surface area contributed by atoms with Crippen LogP contribution in [0.15, 0.2) is 36.4 Å². The highest BCUT2D eigenvalue weighted by molar-refractivity contribution is 6.32. The molecule has 60 valence electrons. The van der Waals surface area contributed by atoms with Gasteiger partial charge in [0.2, 0.25) is 0 Å². The summed E-state index contributed by atoms with van der Waals surface area (Å²) in [6.07, 6.45) is 0. The molecule has 11 heavy (non-hydrogen) atoms. The summed E-state index contributed by atoms with van der Waals surface area (Å²) in [5.41, 5.74) is 0. The minimum absolute atomic E-state index is 1.20. The first kappa shape index (κ1) is 10.2. The van der Waals surface area contributed by atoms with Gasteiger partial charge in [-0.1, -0.05) is 36.4 Å². The van der Waals surface area contributed by atoms with Gasteiger partial charge < -0.3 is 14.7 Å². The van der Waals surface area contributed by atoms with Crippen molar-refractivity contribution in [1.29, 1.82) is 0 Å². The molecule has 0 spiro atoms. The van der Waals surface area contributed by atoms with E-state index in [1.807, 2.05) is 36.4 Å². The van der Waals surface area contributed by atoms with Crippen molar-refractivity contribution in [3.05, 3.63) is 36.4 Å². The molecule has 0 aliphatic heterocycles. The molecule has 1 rings (SSSR count). The second kappa shape index (κ2) is 7.27. The summed E-state index contributed by atoms with van der Waals surface area (Å²) < 4.78 is 3.86. The first-order chi connectivity index (χ1) is 5.27. The Morgan fingerprint density at radius 1 is 0.909 bits per heavy atom. The third-order valence-corrected chi connectivity index (χ3v) is 0.877. The minimum atomic E-state index is -1.62. The number of hydrogen-bond donors (Lipinski definition) is 2. The fourth-order valence-corrected chi connectivity index (χ4v) is 0.385. The van der Waals surface area contributed by atoms with Crippen LogP contribution in [0.5, 0.6) is 0 Å². The molecule has 0 unspecified atom stereocenters. The quantitative estimate of drug-likeness (QED) is 0.571. The summed E-state index contributed by atoms with van der Waals surface area (Å²) in [6.45, 7) is 0. The lowest BCUT2D eigenvalue weighted by atomic mass is 10.3. The Balaban J connectivity index is 0.000000187. The Morgan fingerprint density at radius 3 is 1.18 bits per heavy atom. The zero-order valence-corrected chi connectivity index (χ0v) is 6.34. The third-order valence-electron chi connectivity index (χ3n) is 0.877. The summed E-state index contributed by atoms with van der Waals surface area (Å²) >= 11 is 0. The normalized spacial score (nSPS) is 7.91. The zero-order chi connectivity index (χ0) is 8.53. The van der Waals surface area contributed by atoms with E-state index in [1.54, 1.807) is 0 Å². The third kappa shape index (κ3) is 9.16. The minimum Gasteiger partial charge on any atom is -0.402 e. The molecule has 0 bridgehead atoms. The van der Waals surface area contributed by atoms with Gasteiger partial charge in [0.05, 0.1) is 0 Å². The van der Waals surface area contributed by atoms with Crippen LogP contribution in [-0.4, -0.2) is 24.5 Å². The lowest BCUT2D eigenvalue weighted by Gasteiger charge is -1.84. The van der Waals surface area contributed by atoms with E-state index >= 15 is 0 Å². The lowest BCUT2D eigenvalue weighted by molar-refractivity contribution is 0.229. The van der Waals surface area contributed by atoms with E-state index in [0.717, 1.165) is 0 Å². The molecule has 3 nitrogen and oxygen atoms in total. The highest BCUT2D eigenvalue weighted by atomic mass is 16.6. The van der Waals surface area contributed by atoms with Crippen molar-refractivity contribution in [2.45, 2.75) is 0 Å². The molecule has 0 atom stereocenters. The smallest absolute Gasteiger partial charge is 0.402 e. The molecule has 0 amide bonds. The van der Waals surface area contributed by atoms with Crippen LogP contribution in [0.4, 0.5) is 0 Å². The van der Waals surface area contributed by atoms with Gasteiger partial charge in [-0.15, -0.1) is 0 Å². The molecule has 0 saturated heterocycles. The molecule has 4 heteroatoms. The SMILES string of the molecule is COB(O)O.c1ccccc1. The summed E-state index contributed by atoms with van der Waals surface area (Å²) in [5, 5.41) is 15.4. The molecular weight excluding hydrogens is 143 g/mol. The van der Waals surface area contributed by atoms with Crippen molar-refractivity contribution in [3.8, 4) is 0 Å². The second-order valence-corrected chi connectivity index (χ2v) is 1.72. The molecular formula is C7H11BO3. The first-order valence-electron chi connectivity index (χ1n) is 3.16. The number of benzene rings is 1. The number of hydrogen-bond acceptors (Lipinski definition) is 3. The van der Waals surface area contributed by atoms with E-state index in [9.17, 15) is 0 Å². The molecule has 0 radical (unpaired) electrons. The van der Waals surface area contributed by atoms with Crippen LogP contribution in [0.25, 0.3) is 0 Å². The Bertz CT molecular complexity index is 128. The predicted molar refractivity (Wildman–Crippen MR) is 43.6 cm³/mol. The Hall–Kier alpha value is -0.835. The summed E-state index contributed by atoms with van der Waals surface area (Å²) in [7, 11) is -0.417. The summed E-state index contributed by atoms with van der Waals surface area (Å²) in [6, 6.07) is 12.0. The van der Waals surface area contributed by atoms with Gasteiger partial charge in [0.15, 0.2) is 0 Å². The zero-order valence-electron chi connectivity index (χ0n) is 6.34. The van der Waals surface area contributed by atoms with Crippen LogP contribution >= 0.6 is 0 Å². The summed E-state index contributed by atoms with van der Waals surface area (Å²) in [5.74, 6) is 0. The van der Waals surface area contributed by atoms with Crippen LogP contribution < -0.4 is 0 Å². The highest BCUT2D eigenvalue weighted by Crippen LogP contribution is 1.79. The molecule has 0 saturated carbocycles. The van der Waals surface area contributed by atoms with Crippen LogP contribution in [0, 0.1) is 0 Å². The van der Waals surface area contributed by atoms with Crippen LogP contribution in [0.1, 0.15) is 0 Å². The summed E-state index contributed by atoms with van der Waals surface area (Å²) in [4.78, 5) is 0. The molecule has 1 aromatic rings. The Kier molecular flexibility index (Phi) is 6.72. The predicted octanol–water partition coefficient (Wildman–Crippen LogP) is 0.289. The molecule has 0 aliphatic rings. The number of rotatable bonds is 1. The molecule has 1 aromatic carbocycles. The topological polar surface area (TPSA) is 49.7 Å². The standard InChI is InChI=1S/C6H6.CH5BO3/c1-2-4-6-5-3-1;1-5-2(3)4/h1-6H;3-4H,1H3. The maximum absolute atomic E-state index is 7.69. The van der Waals surface area contributed by atoms with Crippen LogP contribution in [0.2, 0.25) is 0 Å². The van der Waals surface area contributed by atoms with E-state index in [2.05, 4.69) is 4.65 Å². The molecule has 0 heterocycles. The van der Waals surface area contributed by atoms with E-state index in [1.165, 1.54) is 7.11 Å². The largest absolute Gasteiger partial charge is 0.633 e. The maximum Gasteiger partial charge on any atom is 0.633 e. The Labute approximate surface area is 66.4 Å². The van der Waals surface area contributed by atoms with Gasteiger partial charge in [-0.25, -0.2) is 0 Å². The fraction of sp³-hybridized carbons (Fsp3) is 0.143. The van der Waals surface area contributed by atoms with Crippen molar-refractivity contribution in [2.75, 3.05) is 7.11 Å². The van der Waals surface area contributed by atoms with Crippen molar-refractivity contribution < 1.29 is 14.7 Å². The molecule has 0 aliphatic carbocycles.